The van der Waals surface area contributed by atoms with Gasteiger partial charge in [0.2, 0.25) is 6.10 Å². The van der Waals surface area contributed by atoms with Crippen LogP contribution < -0.4 is 5.32 Å². The molecule has 1 amide bonds. The molecule has 1 heterocycles. The SMILES string of the molecule is O=C(OC(C(=O)NC1CCCCC1)c1ccncc1)c1ccccc1. The van der Waals surface area contributed by atoms with Crippen LogP contribution in [0.25, 0.3) is 0 Å². The lowest BCUT2D eigenvalue weighted by Crippen LogP contribution is -2.40. The largest absolute Gasteiger partial charge is 0.444 e. The summed E-state index contributed by atoms with van der Waals surface area (Å²) in [5.74, 6) is -0.788. The van der Waals surface area contributed by atoms with Gasteiger partial charge in [0.1, 0.15) is 0 Å². The smallest absolute Gasteiger partial charge is 0.339 e. The summed E-state index contributed by atoms with van der Waals surface area (Å²) in [4.78, 5) is 29.1. The fourth-order valence-corrected chi connectivity index (χ4v) is 3.08. The number of hydrogen-bond donors (Lipinski definition) is 1. The van der Waals surface area contributed by atoms with Gasteiger partial charge in [-0.2, -0.15) is 0 Å². The van der Waals surface area contributed by atoms with Crippen LogP contribution in [0, 0.1) is 0 Å². The highest BCUT2D eigenvalue weighted by Crippen LogP contribution is 2.22. The maximum absolute atomic E-state index is 12.8. The standard InChI is InChI=1S/C20H22N2O3/c23-19(22-17-9-5-2-6-10-17)18(15-11-13-21-14-12-15)25-20(24)16-7-3-1-4-8-16/h1,3-4,7-8,11-14,17-18H,2,5-6,9-10H2,(H,22,23). The third-order valence-corrected chi connectivity index (χ3v) is 4.43. The molecular weight excluding hydrogens is 316 g/mol. The number of pyridine rings is 1. The van der Waals surface area contributed by atoms with Crippen molar-refractivity contribution in [3.05, 3.63) is 66.0 Å². The number of esters is 1. The Bertz CT molecular complexity index is 697. The van der Waals surface area contributed by atoms with Crippen molar-refractivity contribution in [1.82, 2.24) is 10.3 Å². The summed E-state index contributed by atoms with van der Waals surface area (Å²) in [5, 5.41) is 3.04. The van der Waals surface area contributed by atoms with Gasteiger partial charge in [0.25, 0.3) is 5.91 Å². The molecule has 1 fully saturated rings. The van der Waals surface area contributed by atoms with Gasteiger partial charge in [-0.25, -0.2) is 4.79 Å². The fourth-order valence-electron chi connectivity index (χ4n) is 3.08. The molecule has 25 heavy (non-hydrogen) atoms. The predicted octanol–water partition coefficient (Wildman–Crippen LogP) is 3.43. The summed E-state index contributed by atoms with van der Waals surface area (Å²) < 4.78 is 5.55. The summed E-state index contributed by atoms with van der Waals surface area (Å²) in [6.07, 6.45) is 7.60. The molecule has 1 saturated carbocycles. The first-order valence-corrected chi connectivity index (χ1v) is 8.70. The first-order valence-electron chi connectivity index (χ1n) is 8.70. The highest BCUT2D eigenvalue weighted by molar-refractivity contribution is 5.92. The van der Waals surface area contributed by atoms with Crippen molar-refractivity contribution in [2.45, 2.75) is 44.2 Å². The number of carbonyl (C=O) groups is 2. The number of nitrogens with zero attached hydrogens (tertiary/aromatic N) is 1. The van der Waals surface area contributed by atoms with Crippen molar-refractivity contribution in [3.8, 4) is 0 Å². The summed E-state index contributed by atoms with van der Waals surface area (Å²) in [7, 11) is 0. The molecule has 5 heteroatoms. The molecule has 5 nitrogen and oxygen atoms in total. The van der Waals surface area contributed by atoms with Crippen LogP contribution in [0.15, 0.2) is 54.9 Å². The lowest BCUT2D eigenvalue weighted by Gasteiger charge is -2.25. The summed E-state index contributed by atoms with van der Waals surface area (Å²) in [6, 6.07) is 12.2. The summed E-state index contributed by atoms with van der Waals surface area (Å²) in [5.41, 5.74) is 1.04. The van der Waals surface area contributed by atoms with Crippen LogP contribution in [0.4, 0.5) is 0 Å². The Kier molecular flexibility index (Phi) is 5.77. The maximum atomic E-state index is 12.8. The average molecular weight is 338 g/mol. The molecule has 0 spiro atoms. The minimum atomic E-state index is -0.974. The number of ether oxygens (including phenoxy) is 1. The van der Waals surface area contributed by atoms with Crippen LogP contribution in [0.5, 0.6) is 0 Å². The van der Waals surface area contributed by atoms with Crippen LogP contribution >= 0.6 is 0 Å². The van der Waals surface area contributed by atoms with Gasteiger partial charge in [-0.15, -0.1) is 0 Å². The second-order valence-electron chi connectivity index (χ2n) is 6.28. The molecule has 1 unspecified atom stereocenters. The lowest BCUT2D eigenvalue weighted by molar-refractivity contribution is -0.131. The monoisotopic (exact) mass is 338 g/mol. The second-order valence-corrected chi connectivity index (χ2v) is 6.28. The van der Waals surface area contributed by atoms with Gasteiger partial charge in [-0.3, -0.25) is 9.78 Å². The molecule has 0 radical (unpaired) electrons. The maximum Gasteiger partial charge on any atom is 0.339 e. The van der Waals surface area contributed by atoms with E-state index in [2.05, 4.69) is 10.3 Å². The van der Waals surface area contributed by atoms with Gasteiger partial charge < -0.3 is 10.1 Å². The van der Waals surface area contributed by atoms with Crippen LogP contribution in [0.3, 0.4) is 0 Å². The Labute approximate surface area is 147 Å². The zero-order valence-electron chi connectivity index (χ0n) is 14.1. The van der Waals surface area contributed by atoms with E-state index in [0.29, 0.717) is 11.1 Å². The highest BCUT2D eigenvalue weighted by atomic mass is 16.5. The van der Waals surface area contributed by atoms with Crippen LogP contribution in [-0.4, -0.2) is 22.9 Å². The van der Waals surface area contributed by atoms with Gasteiger partial charge in [0.15, 0.2) is 0 Å². The first kappa shape index (κ1) is 17.1. The average Bonchev–Trinajstić information content (AvgIpc) is 2.68. The third-order valence-electron chi connectivity index (χ3n) is 4.43. The molecule has 1 aromatic heterocycles. The van der Waals surface area contributed by atoms with E-state index in [4.69, 9.17) is 4.74 Å². The van der Waals surface area contributed by atoms with Crippen LogP contribution in [0.1, 0.15) is 54.1 Å². The van der Waals surface area contributed by atoms with Crippen molar-refractivity contribution in [3.63, 3.8) is 0 Å². The van der Waals surface area contributed by atoms with Crippen LogP contribution in [-0.2, 0) is 9.53 Å². The Morgan fingerprint density at radius 1 is 1.00 bits per heavy atom. The van der Waals surface area contributed by atoms with E-state index in [1.807, 2.05) is 6.07 Å². The minimum absolute atomic E-state index is 0.154. The Hall–Kier alpha value is -2.69. The summed E-state index contributed by atoms with van der Waals surface area (Å²) in [6.45, 7) is 0. The molecule has 1 aliphatic rings. The molecule has 2 aromatic rings. The highest BCUT2D eigenvalue weighted by Gasteiger charge is 2.28. The zero-order valence-corrected chi connectivity index (χ0v) is 14.1. The predicted molar refractivity (Wildman–Crippen MR) is 93.9 cm³/mol. The number of carbonyl (C=O) groups excluding carboxylic acids is 2. The minimum Gasteiger partial charge on any atom is -0.444 e. The van der Waals surface area contributed by atoms with E-state index < -0.39 is 12.1 Å². The molecule has 1 N–H and O–H groups in total. The topological polar surface area (TPSA) is 68.3 Å². The number of amides is 1. The normalized spacial score (nSPS) is 16.0. The number of benzene rings is 1. The first-order chi connectivity index (χ1) is 12.2. The molecule has 0 saturated heterocycles. The zero-order chi connectivity index (χ0) is 17.5. The van der Waals surface area contributed by atoms with E-state index in [0.717, 1.165) is 25.7 Å². The van der Waals surface area contributed by atoms with Crippen molar-refractivity contribution in [2.24, 2.45) is 0 Å². The van der Waals surface area contributed by atoms with E-state index in [9.17, 15) is 9.59 Å². The molecule has 1 aliphatic carbocycles. The lowest BCUT2D eigenvalue weighted by atomic mass is 9.95. The van der Waals surface area contributed by atoms with Gasteiger partial charge >= 0.3 is 5.97 Å². The molecular formula is C20H22N2O3. The van der Waals surface area contributed by atoms with E-state index >= 15 is 0 Å². The van der Waals surface area contributed by atoms with E-state index in [1.54, 1.807) is 48.8 Å². The fraction of sp³-hybridized carbons (Fsp3) is 0.350. The Morgan fingerprint density at radius 2 is 1.68 bits per heavy atom. The van der Waals surface area contributed by atoms with E-state index in [-0.39, 0.29) is 11.9 Å². The van der Waals surface area contributed by atoms with Crippen molar-refractivity contribution in [1.29, 1.82) is 0 Å². The van der Waals surface area contributed by atoms with Crippen LogP contribution in [0.2, 0.25) is 0 Å². The molecule has 1 aromatic carbocycles. The van der Waals surface area contributed by atoms with Crippen molar-refractivity contribution in [2.75, 3.05) is 0 Å². The number of aromatic nitrogens is 1. The van der Waals surface area contributed by atoms with Gasteiger partial charge in [0.05, 0.1) is 5.56 Å². The Morgan fingerprint density at radius 3 is 2.36 bits per heavy atom. The van der Waals surface area contributed by atoms with Crippen molar-refractivity contribution >= 4 is 11.9 Å². The number of rotatable bonds is 5. The summed E-state index contributed by atoms with van der Waals surface area (Å²) >= 11 is 0. The molecule has 0 bridgehead atoms. The van der Waals surface area contributed by atoms with Gasteiger partial charge in [-0.05, 0) is 37.1 Å². The number of hydrogen-bond acceptors (Lipinski definition) is 4. The Balaban J connectivity index is 1.75. The van der Waals surface area contributed by atoms with Gasteiger partial charge in [-0.1, -0.05) is 37.5 Å². The number of nitrogens with one attached hydrogen (secondary N) is 1. The second kappa shape index (κ2) is 8.42. The third kappa shape index (κ3) is 4.66. The van der Waals surface area contributed by atoms with Gasteiger partial charge in [0, 0.05) is 24.0 Å². The van der Waals surface area contributed by atoms with Crippen molar-refractivity contribution < 1.29 is 14.3 Å². The molecule has 130 valence electrons. The molecule has 3 rings (SSSR count). The molecule has 1 atom stereocenters. The quantitative estimate of drug-likeness (QED) is 0.848. The van der Waals surface area contributed by atoms with E-state index in [1.165, 1.54) is 6.42 Å². The molecule has 0 aliphatic heterocycles.